The summed E-state index contributed by atoms with van der Waals surface area (Å²) in [5, 5.41) is 4.65. The van der Waals surface area contributed by atoms with Crippen LogP contribution >= 0.6 is 11.6 Å². The van der Waals surface area contributed by atoms with E-state index in [9.17, 15) is 0 Å². The van der Waals surface area contributed by atoms with E-state index in [1.54, 1.807) is 25.3 Å². The molecule has 0 fully saturated rings. The Morgan fingerprint density at radius 1 is 0.964 bits per heavy atom. The maximum atomic E-state index is 6.19. The first-order valence-electron chi connectivity index (χ1n) is 8.68. The van der Waals surface area contributed by atoms with Crippen LogP contribution in [0, 0.1) is 0 Å². The molecule has 0 aliphatic heterocycles. The normalized spacial score (nSPS) is 10.6. The first kappa shape index (κ1) is 18.1. The van der Waals surface area contributed by atoms with Crippen LogP contribution in [-0.2, 0) is 6.61 Å². The highest BCUT2D eigenvalue weighted by Crippen LogP contribution is 2.33. The summed E-state index contributed by atoms with van der Waals surface area (Å²) in [6.07, 6.45) is 0. The molecule has 0 amide bonds. The Balaban J connectivity index is 1.63. The summed E-state index contributed by atoms with van der Waals surface area (Å²) in [6.45, 7) is 0.423. The number of hydrogen-bond donors (Lipinski definition) is 0. The molecule has 1 heterocycles. The molecule has 0 N–H and O–H groups in total. The van der Waals surface area contributed by atoms with E-state index in [0.29, 0.717) is 34.7 Å². The second-order valence-electron chi connectivity index (χ2n) is 6.07. The number of benzene rings is 3. The van der Waals surface area contributed by atoms with Gasteiger partial charge in [-0.25, -0.2) is 0 Å². The fraction of sp³-hybridized carbons (Fsp3) is 0.0909. The van der Waals surface area contributed by atoms with Gasteiger partial charge in [-0.2, -0.15) is 4.98 Å². The molecule has 28 heavy (non-hydrogen) atoms. The fourth-order valence-corrected chi connectivity index (χ4v) is 2.91. The van der Waals surface area contributed by atoms with Crippen molar-refractivity contribution >= 4 is 11.6 Å². The van der Waals surface area contributed by atoms with Crippen LogP contribution in [0.15, 0.2) is 77.3 Å². The third-order valence-electron chi connectivity index (χ3n) is 4.16. The number of rotatable bonds is 6. The largest absolute Gasteiger partial charge is 0.497 e. The average Bonchev–Trinajstić information content (AvgIpc) is 3.24. The van der Waals surface area contributed by atoms with Gasteiger partial charge in [-0.1, -0.05) is 59.2 Å². The number of aromatic nitrogens is 2. The molecule has 0 spiro atoms. The monoisotopic (exact) mass is 392 g/mol. The van der Waals surface area contributed by atoms with E-state index in [1.165, 1.54) is 0 Å². The predicted molar refractivity (Wildman–Crippen MR) is 108 cm³/mol. The smallest absolute Gasteiger partial charge is 0.262 e. The molecule has 0 aliphatic carbocycles. The molecule has 3 aromatic carbocycles. The number of hydrogen-bond acceptors (Lipinski definition) is 5. The number of nitrogens with zero attached hydrogens (tertiary/aromatic N) is 2. The highest BCUT2D eigenvalue weighted by molar-refractivity contribution is 6.30. The first-order valence-corrected chi connectivity index (χ1v) is 9.05. The fourth-order valence-electron chi connectivity index (χ4n) is 2.74. The molecule has 140 valence electrons. The minimum absolute atomic E-state index is 0.336. The maximum Gasteiger partial charge on any atom is 0.262 e. The van der Waals surface area contributed by atoms with Gasteiger partial charge in [-0.05, 0) is 35.9 Å². The molecule has 4 rings (SSSR count). The zero-order valence-corrected chi connectivity index (χ0v) is 15.9. The molecular formula is C22H17ClN2O3. The Morgan fingerprint density at radius 3 is 2.64 bits per heavy atom. The lowest BCUT2D eigenvalue weighted by Crippen LogP contribution is -1.97. The van der Waals surface area contributed by atoms with Gasteiger partial charge in [0.05, 0.1) is 12.7 Å². The SMILES string of the molecule is COc1cccc(-c2noc(-c3cc(Cl)ccc3OCc3ccccc3)n2)c1. The van der Waals surface area contributed by atoms with E-state index in [2.05, 4.69) is 10.1 Å². The molecule has 0 bridgehead atoms. The van der Waals surface area contributed by atoms with Gasteiger partial charge in [0.15, 0.2) is 0 Å². The van der Waals surface area contributed by atoms with E-state index < -0.39 is 0 Å². The van der Waals surface area contributed by atoms with E-state index in [-0.39, 0.29) is 0 Å². The molecule has 0 unspecified atom stereocenters. The highest BCUT2D eigenvalue weighted by Gasteiger charge is 2.16. The molecule has 0 radical (unpaired) electrons. The molecule has 1 aromatic heterocycles. The van der Waals surface area contributed by atoms with Crippen molar-refractivity contribution in [3.63, 3.8) is 0 Å². The van der Waals surface area contributed by atoms with Crippen LogP contribution in [0.5, 0.6) is 11.5 Å². The Hall–Kier alpha value is -3.31. The van der Waals surface area contributed by atoms with Gasteiger partial charge in [0, 0.05) is 10.6 Å². The summed E-state index contributed by atoms with van der Waals surface area (Å²) >= 11 is 6.19. The minimum atomic E-state index is 0.336. The quantitative estimate of drug-likeness (QED) is 0.424. The van der Waals surface area contributed by atoms with E-state index >= 15 is 0 Å². The van der Waals surface area contributed by atoms with Gasteiger partial charge in [0.25, 0.3) is 5.89 Å². The van der Waals surface area contributed by atoms with E-state index in [1.807, 2.05) is 54.6 Å². The number of methoxy groups -OCH3 is 1. The lowest BCUT2D eigenvalue weighted by molar-refractivity contribution is 0.306. The van der Waals surface area contributed by atoms with Gasteiger partial charge < -0.3 is 14.0 Å². The van der Waals surface area contributed by atoms with Crippen molar-refractivity contribution < 1.29 is 14.0 Å². The van der Waals surface area contributed by atoms with Crippen molar-refractivity contribution in [2.75, 3.05) is 7.11 Å². The minimum Gasteiger partial charge on any atom is -0.497 e. The predicted octanol–water partition coefficient (Wildman–Crippen LogP) is 5.64. The molecule has 0 saturated carbocycles. The zero-order valence-electron chi connectivity index (χ0n) is 15.1. The third-order valence-corrected chi connectivity index (χ3v) is 4.40. The van der Waals surface area contributed by atoms with Crippen molar-refractivity contribution in [3.8, 4) is 34.3 Å². The van der Waals surface area contributed by atoms with Crippen LogP contribution in [0.3, 0.4) is 0 Å². The van der Waals surface area contributed by atoms with Gasteiger partial charge in [-0.15, -0.1) is 0 Å². The first-order chi connectivity index (χ1) is 13.7. The molecular weight excluding hydrogens is 376 g/mol. The van der Waals surface area contributed by atoms with Crippen LogP contribution in [0.2, 0.25) is 5.02 Å². The highest BCUT2D eigenvalue weighted by atomic mass is 35.5. The van der Waals surface area contributed by atoms with Crippen LogP contribution in [0.1, 0.15) is 5.56 Å². The second kappa shape index (κ2) is 8.15. The number of halogens is 1. The van der Waals surface area contributed by atoms with E-state index in [0.717, 1.165) is 16.9 Å². The number of ether oxygens (including phenoxy) is 2. The van der Waals surface area contributed by atoms with Crippen molar-refractivity contribution in [2.45, 2.75) is 6.61 Å². The Bertz CT molecular complexity index is 1080. The van der Waals surface area contributed by atoms with Gasteiger partial charge in [-0.3, -0.25) is 0 Å². The van der Waals surface area contributed by atoms with Crippen LogP contribution in [0.25, 0.3) is 22.8 Å². The van der Waals surface area contributed by atoms with E-state index in [4.69, 9.17) is 25.6 Å². The van der Waals surface area contributed by atoms with Gasteiger partial charge >= 0.3 is 0 Å². The molecule has 6 heteroatoms. The Kier molecular flexibility index (Phi) is 5.26. The van der Waals surface area contributed by atoms with Crippen molar-refractivity contribution in [1.82, 2.24) is 10.1 Å². The molecule has 0 aliphatic rings. The second-order valence-corrected chi connectivity index (χ2v) is 6.51. The summed E-state index contributed by atoms with van der Waals surface area (Å²) in [5.74, 6) is 2.14. The van der Waals surface area contributed by atoms with Crippen molar-refractivity contribution in [2.24, 2.45) is 0 Å². The Labute approximate surface area is 167 Å². The summed E-state index contributed by atoms with van der Waals surface area (Å²) in [7, 11) is 1.61. The third kappa shape index (κ3) is 4.00. The zero-order chi connectivity index (χ0) is 19.3. The molecule has 0 atom stereocenters. The lowest BCUT2D eigenvalue weighted by atomic mass is 10.2. The topological polar surface area (TPSA) is 57.4 Å². The molecule has 4 aromatic rings. The van der Waals surface area contributed by atoms with Crippen LogP contribution < -0.4 is 9.47 Å². The van der Waals surface area contributed by atoms with Gasteiger partial charge in [0.2, 0.25) is 5.82 Å². The summed E-state index contributed by atoms with van der Waals surface area (Å²) < 4.78 is 16.7. The summed E-state index contributed by atoms with van der Waals surface area (Å²) in [5.41, 5.74) is 2.50. The van der Waals surface area contributed by atoms with Gasteiger partial charge in [0.1, 0.15) is 18.1 Å². The lowest BCUT2D eigenvalue weighted by Gasteiger charge is -2.09. The molecule has 0 saturated heterocycles. The van der Waals surface area contributed by atoms with Crippen LogP contribution in [0.4, 0.5) is 0 Å². The maximum absolute atomic E-state index is 6.19. The van der Waals surface area contributed by atoms with Crippen molar-refractivity contribution in [3.05, 3.63) is 83.4 Å². The Morgan fingerprint density at radius 2 is 1.82 bits per heavy atom. The standard InChI is InChI=1S/C22H17ClN2O3/c1-26-18-9-5-8-16(12-18)21-24-22(28-25-21)19-13-17(23)10-11-20(19)27-14-15-6-3-2-4-7-15/h2-13H,14H2,1H3. The average molecular weight is 393 g/mol. The van der Waals surface area contributed by atoms with Crippen LogP contribution in [-0.4, -0.2) is 17.3 Å². The summed E-state index contributed by atoms with van der Waals surface area (Å²) in [4.78, 5) is 4.51. The van der Waals surface area contributed by atoms with Crippen molar-refractivity contribution in [1.29, 1.82) is 0 Å². The summed E-state index contributed by atoms with van der Waals surface area (Å²) in [6, 6.07) is 22.7. The molecule has 5 nitrogen and oxygen atoms in total.